The van der Waals surface area contributed by atoms with E-state index in [0.29, 0.717) is 6.61 Å². The summed E-state index contributed by atoms with van der Waals surface area (Å²) in [6.07, 6.45) is 0. The smallest absolute Gasteiger partial charge is 0.130 e. The fraction of sp³-hybridized carbons (Fsp3) is 0.400. The SMILES string of the molecule is Cc1ccc(OCc2cc(C)nn2C)c([C@H](C)N)c1. The van der Waals surface area contributed by atoms with E-state index in [0.717, 1.165) is 22.7 Å². The molecule has 0 saturated heterocycles. The Morgan fingerprint density at radius 1 is 1.32 bits per heavy atom. The molecule has 0 amide bonds. The molecule has 1 aromatic carbocycles. The van der Waals surface area contributed by atoms with Crippen LogP contribution in [0.1, 0.15) is 35.5 Å². The number of aromatic nitrogens is 2. The first-order valence-electron chi connectivity index (χ1n) is 6.46. The third kappa shape index (κ3) is 3.15. The van der Waals surface area contributed by atoms with Gasteiger partial charge in [-0.3, -0.25) is 4.68 Å². The van der Waals surface area contributed by atoms with Crippen LogP contribution in [0.4, 0.5) is 0 Å². The monoisotopic (exact) mass is 259 g/mol. The first-order valence-corrected chi connectivity index (χ1v) is 6.46. The Bertz CT molecular complexity index is 573. The molecule has 0 aliphatic carbocycles. The largest absolute Gasteiger partial charge is 0.487 e. The molecule has 0 aliphatic heterocycles. The second-order valence-corrected chi connectivity index (χ2v) is 5.02. The van der Waals surface area contributed by atoms with Crippen LogP contribution < -0.4 is 10.5 Å². The van der Waals surface area contributed by atoms with Crippen molar-refractivity contribution in [2.24, 2.45) is 12.8 Å². The Balaban J connectivity index is 2.17. The Labute approximate surface area is 114 Å². The lowest BCUT2D eigenvalue weighted by Crippen LogP contribution is -2.09. The topological polar surface area (TPSA) is 53.1 Å². The van der Waals surface area contributed by atoms with Crippen molar-refractivity contribution in [3.63, 3.8) is 0 Å². The van der Waals surface area contributed by atoms with Gasteiger partial charge in [0.2, 0.25) is 0 Å². The van der Waals surface area contributed by atoms with E-state index in [1.807, 2.05) is 43.8 Å². The molecule has 0 fully saturated rings. The normalized spacial score (nSPS) is 12.5. The molecule has 0 spiro atoms. The summed E-state index contributed by atoms with van der Waals surface area (Å²) >= 11 is 0. The quantitative estimate of drug-likeness (QED) is 0.918. The number of hydrogen-bond donors (Lipinski definition) is 1. The lowest BCUT2D eigenvalue weighted by atomic mass is 10.1. The molecule has 1 atom stereocenters. The van der Waals surface area contributed by atoms with Crippen molar-refractivity contribution >= 4 is 0 Å². The fourth-order valence-corrected chi connectivity index (χ4v) is 2.11. The summed E-state index contributed by atoms with van der Waals surface area (Å²) in [6, 6.07) is 8.09. The zero-order valence-electron chi connectivity index (χ0n) is 12.0. The molecule has 2 rings (SSSR count). The summed E-state index contributed by atoms with van der Waals surface area (Å²) in [5, 5.41) is 4.31. The maximum Gasteiger partial charge on any atom is 0.130 e. The standard InChI is InChI=1S/C15H21N3O/c1-10-5-6-15(14(7-10)12(3)16)19-9-13-8-11(2)17-18(13)4/h5-8,12H,9,16H2,1-4H3/t12-/m0/s1. The molecule has 2 aromatic rings. The molecular weight excluding hydrogens is 238 g/mol. The predicted molar refractivity (Wildman–Crippen MR) is 76.1 cm³/mol. The van der Waals surface area contributed by atoms with Gasteiger partial charge in [0.25, 0.3) is 0 Å². The van der Waals surface area contributed by atoms with Crippen molar-refractivity contribution in [2.75, 3.05) is 0 Å². The van der Waals surface area contributed by atoms with E-state index in [9.17, 15) is 0 Å². The van der Waals surface area contributed by atoms with Gasteiger partial charge in [-0.2, -0.15) is 5.10 Å². The molecule has 1 heterocycles. The fourth-order valence-electron chi connectivity index (χ4n) is 2.11. The highest BCUT2D eigenvalue weighted by Crippen LogP contribution is 2.25. The zero-order chi connectivity index (χ0) is 14.0. The number of benzene rings is 1. The van der Waals surface area contributed by atoms with Crippen molar-refractivity contribution in [3.8, 4) is 5.75 Å². The average molecular weight is 259 g/mol. The summed E-state index contributed by atoms with van der Waals surface area (Å²) in [5.41, 5.74) is 10.3. The van der Waals surface area contributed by atoms with Crippen molar-refractivity contribution < 1.29 is 4.74 Å². The Morgan fingerprint density at radius 3 is 2.63 bits per heavy atom. The Morgan fingerprint density at radius 2 is 2.05 bits per heavy atom. The van der Waals surface area contributed by atoms with E-state index in [1.165, 1.54) is 5.56 Å². The predicted octanol–water partition coefficient (Wildman–Crippen LogP) is 2.64. The molecule has 0 bridgehead atoms. The summed E-state index contributed by atoms with van der Waals surface area (Å²) in [6.45, 7) is 6.50. The van der Waals surface area contributed by atoms with E-state index >= 15 is 0 Å². The van der Waals surface area contributed by atoms with Gasteiger partial charge in [0.15, 0.2) is 0 Å². The number of aryl methyl sites for hydroxylation is 3. The number of rotatable bonds is 4. The van der Waals surface area contributed by atoms with Crippen molar-refractivity contribution in [1.29, 1.82) is 0 Å². The van der Waals surface area contributed by atoms with Crippen LogP contribution in [0, 0.1) is 13.8 Å². The zero-order valence-corrected chi connectivity index (χ0v) is 12.0. The minimum atomic E-state index is -0.0387. The number of ether oxygens (including phenoxy) is 1. The maximum absolute atomic E-state index is 5.99. The maximum atomic E-state index is 5.99. The second kappa shape index (κ2) is 5.45. The third-order valence-electron chi connectivity index (χ3n) is 3.13. The van der Waals surface area contributed by atoms with E-state index in [4.69, 9.17) is 10.5 Å². The number of hydrogen-bond acceptors (Lipinski definition) is 3. The molecule has 2 N–H and O–H groups in total. The molecule has 0 saturated carbocycles. The van der Waals surface area contributed by atoms with Gasteiger partial charge in [0.05, 0.1) is 11.4 Å². The molecule has 1 aromatic heterocycles. The van der Waals surface area contributed by atoms with Gasteiger partial charge in [0, 0.05) is 18.7 Å². The van der Waals surface area contributed by atoms with Gasteiger partial charge in [-0.1, -0.05) is 17.7 Å². The van der Waals surface area contributed by atoms with Crippen LogP contribution in [0.2, 0.25) is 0 Å². The number of nitrogens with zero attached hydrogens (tertiary/aromatic N) is 2. The molecular formula is C15H21N3O. The average Bonchev–Trinajstić information content (AvgIpc) is 2.66. The first kappa shape index (κ1) is 13.6. The van der Waals surface area contributed by atoms with Crippen molar-refractivity contribution in [2.45, 2.75) is 33.4 Å². The van der Waals surface area contributed by atoms with Gasteiger partial charge in [-0.15, -0.1) is 0 Å². The molecule has 102 valence electrons. The van der Waals surface area contributed by atoms with E-state index < -0.39 is 0 Å². The van der Waals surface area contributed by atoms with Gasteiger partial charge < -0.3 is 10.5 Å². The van der Waals surface area contributed by atoms with Crippen LogP contribution in [-0.2, 0) is 13.7 Å². The van der Waals surface area contributed by atoms with Gasteiger partial charge >= 0.3 is 0 Å². The minimum absolute atomic E-state index is 0.0387. The highest BCUT2D eigenvalue weighted by Gasteiger charge is 2.10. The van der Waals surface area contributed by atoms with Crippen LogP contribution in [0.5, 0.6) is 5.75 Å². The number of nitrogens with two attached hydrogens (primary N) is 1. The molecule has 4 heteroatoms. The third-order valence-corrected chi connectivity index (χ3v) is 3.13. The summed E-state index contributed by atoms with van der Waals surface area (Å²) in [7, 11) is 1.92. The summed E-state index contributed by atoms with van der Waals surface area (Å²) in [4.78, 5) is 0. The van der Waals surface area contributed by atoms with Crippen LogP contribution >= 0.6 is 0 Å². The van der Waals surface area contributed by atoms with Crippen LogP contribution in [0.3, 0.4) is 0 Å². The Kier molecular flexibility index (Phi) is 3.90. The first-order chi connectivity index (χ1) is 8.97. The van der Waals surface area contributed by atoms with E-state index in [-0.39, 0.29) is 6.04 Å². The lowest BCUT2D eigenvalue weighted by molar-refractivity contribution is 0.290. The highest BCUT2D eigenvalue weighted by atomic mass is 16.5. The summed E-state index contributed by atoms with van der Waals surface area (Å²) < 4.78 is 7.74. The van der Waals surface area contributed by atoms with Crippen molar-refractivity contribution in [3.05, 3.63) is 46.8 Å². The minimum Gasteiger partial charge on any atom is -0.487 e. The van der Waals surface area contributed by atoms with Crippen LogP contribution in [0.15, 0.2) is 24.3 Å². The molecule has 19 heavy (non-hydrogen) atoms. The summed E-state index contributed by atoms with van der Waals surface area (Å²) in [5.74, 6) is 0.847. The molecule has 4 nitrogen and oxygen atoms in total. The second-order valence-electron chi connectivity index (χ2n) is 5.02. The Hall–Kier alpha value is -1.81. The van der Waals surface area contributed by atoms with Crippen LogP contribution in [0.25, 0.3) is 0 Å². The van der Waals surface area contributed by atoms with Crippen molar-refractivity contribution in [1.82, 2.24) is 9.78 Å². The van der Waals surface area contributed by atoms with Gasteiger partial charge in [0.1, 0.15) is 12.4 Å². The van der Waals surface area contributed by atoms with E-state index in [2.05, 4.69) is 18.1 Å². The van der Waals surface area contributed by atoms with Gasteiger partial charge in [-0.05, 0) is 32.9 Å². The molecule has 0 aliphatic rings. The van der Waals surface area contributed by atoms with Gasteiger partial charge in [-0.25, -0.2) is 0 Å². The molecule has 0 radical (unpaired) electrons. The van der Waals surface area contributed by atoms with Crippen LogP contribution in [-0.4, -0.2) is 9.78 Å². The highest BCUT2D eigenvalue weighted by molar-refractivity contribution is 5.38. The molecule has 0 unspecified atom stereocenters. The lowest BCUT2D eigenvalue weighted by Gasteiger charge is -2.14. The van der Waals surface area contributed by atoms with E-state index in [1.54, 1.807) is 0 Å².